The van der Waals surface area contributed by atoms with Gasteiger partial charge in [-0.05, 0) is 59.7 Å². The minimum absolute atomic E-state index is 0.0588. The van der Waals surface area contributed by atoms with Crippen molar-refractivity contribution in [2.24, 2.45) is 28.8 Å². The Morgan fingerprint density at radius 1 is 1.21 bits per heavy atom. The molecule has 148 valence electrons. The molecule has 0 spiro atoms. The number of imide groups is 1. The Bertz CT molecular complexity index is 851. The molecule has 1 aromatic rings. The minimum Gasteiger partial charge on any atom is -0.493 e. The molecule has 0 N–H and O–H groups in total. The number of hydrogen-bond acceptors (Lipinski definition) is 5. The summed E-state index contributed by atoms with van der Waals surface area (Å²) in [5.74, 6) is 0.680. The molecule has 2 aliphatic carbocycles. The van der Waals surface area contributed by atoms with Crippen LogP contribution in [0.15, 0.2) is 33.9 Å². The molecule has 7 heteroatoms. The second-order valence-electron chi connectivity index (χ2n) is 7.59. The van der Waals surface area contributed by atoms with Crippen LogP contribution in [-0.4, -0.2) is 36.3 Å². The van der Waals surface area contributed by atoms with Gasteiger partial charge in [0.05, 0.1) is 31.3 Å². The summed E-state index contributed by atoms with van der Waals surface area (Å²) < 4.78 is 12.1. The lowest BCUT2D eigenvalue weighted by atomic mass is 9.85. The first-order valence-corrected chi connectivity index (χ1v) is 10.4. The number of nitrogens with zero attached hydrogens (tertiary/aromatic N) is 2. The molecule has 1 aromatic carbocycles. The zero-order chi connectivity index (χ0) is 20.0. The van der Waals surface area contributed by atoms with Crippen molar-refractivity contribution < 1.29 is 19.1 Å². The maximum Gasteiger partial charge on any atom is 0.254 e. The zero-order valence-corrected chi connectivity index (χ0v) is 17.7. The second-order valence-corrected chi connectivity index (χ2v) is 8.45. The van der Waals surface area contributed by atoms with Crippen LogP contribution in [0.1, 0.15) is 32.3 Å². The van der Waals surface area contributed by atoms with Gasteiger partial charge in [0.2, 0.25) is 0 Å². The maximum atomic E-state index is 12.7. The number of hydrogen-bond donors (Lipinski definition) is 0. The molecular formula is C21H23BrN2O4. The molecule has 2 bridgehead atoms. The molecule has 28 heavy (non-hydrogen) atoms. The number of carbonyl (C=O) groups excluding carboxylic acids is 2. The molecule has 1 heterocycles. The summed E-state index contributed by atoms with van der Waals surface area (Å²) in [6.07, 6.45) is 7.51. The van der Waals surface area contributed by atoms with Crippen LogP contribution in [0.25, 0.3) is 0 Å². The van der Waals surface area contributed by atoms with Gasteiger partial charge in [-0.3, -0.25) is 9.59 Å². The summed E-state index contributed by atoms with van der Waals surface area (Å²) in [4.78, 5) is 25.5. The Balaban J connectivity index is 1.57. The Hall–Kier alpha value is -2.15. The minimum atomic E-state index is -0.246. The van der Waals surface area contributed by atoms with Crippen LogP contribution in [0.5, 0.6) is 11.5 Å². The molecule has 0 aromatic heterocycles. The van der Waals surface area contributed by atoms with E-state index in [0.29, 0.717) is 17.1 Å². The number of amides is 2. The smallest absolute Gasteiger partial charge is 0.254 e. The van der Waals surface area contributed by atoms with Crippen molar-refractivity contribution in [1.82, 2.24) is 5.01 Å². The van der Waals surface area contributed by atoms with Crippen LogP contribution >= 0.6 is 15.9 Å². The number of carbonyl (C=O) groups is 2. The third kappa shape index (κ3) is 3.05. The van der Waals surface area contributed by atoms with E-state index in [9.17, 15) is 9.59 Å². The Labute approximate surface area is 172 Å². The van der Waals surface area contributed by atoms with E-state index in [4.69, 9.17) is 9.47 Å². The molecule has 2 amide bonds. The summed E-state index contributed by atoms with van der Waals surface area (Å²) in [5, 5.41) is 5.28. The third-order valence-corrected chi connectivity index (χ3v) is 6.63. The van der Waals surface area contributed by atoms with Crippen molar-refractivity contribution >= 4 is 34.0 Å². The van der Waals surface area contributed by atoms with Gasteiger partial charge in [0.25, 0.3) is 11.8 Å². The van der Waals surface area contributed by atoms with E-state index in [-0.39, 0.29) is 41.6 Å². The molecule has 4 rings (SSSR count). The number of methoxy groups -OCH3 is 1. The lowest BCUT2D eigenvalue weighted by Crippen LogP contribution is -2.28. The van der Waals surface area contributed by atoms with Crippen molar-refractivity contribution in [2.75, 3.05) is 7.11 Å². The first-order valence-electron chi connectivity index (χ1n) is 9.58. The molecule has 0 unspecified atom stereocenters. The van der Waals surface area contributed by atoms with Crippen molar-refractivity contribution in [2.45, 2.75) is 32.8 Å². The van der Waals surface area contributed by atoms with Crippen molar-refractivity contribution in [3.63, 3.8) is 0 Å². The highest BCUT2D eigenvalue weighted by Crippen LogP contribution is 2.52. The summed E-state index contributed by atoms with van der Waals surface area (Å²) in [5.41, 5.74) is 0.701. The standard InChI is InChI=1S/C21H23BrN2O4/c1-4-11(2)28-17-9-15(22)14(8-16(17)27-3)10-23-24-20(25)18-12-5-6-13(7-12)19(18)21(24)26/h5-6,8-13,18-19H,4,7H2,1-3H3/t11-,12+,13+,18-,19+/m1/s1. The van der Waals surface area contributed by atoms with Gasteiger partial charge in [0, 0.05) is 10.0 Å². The Kier molecular flexibility index (Phi) is 5.04. The van der Waals surface area contributed by atoms with Crippen LogP contribution in [0.4, 0.5) is 0 Å². The quantitative estimate of drug-likeness (QED) is 0.378. The van der Waals surface area contributed by atoms with Gasteiger partial charge < -0.3 is 9.47 Å². The fraction of sp³-hybridized carbons (Fsp3) is 0.476. The molecular weight excluding hydrogens is 424 g/mol. The number of fused-ring (bicyclic) bond motifs is 5. The maximum absolute atomic E-state index is 12.7. The van der Waals surface area contributed by atoms with Crippen LogP contribution in [0.3, 0.4) is 0 Å². The molecule has 3 aliphatic rings. The van der Waals surface area contributed by atoms with Gasteiger partial charge >= 0.3 is 0 Å². The lowest BCUT2D eigenvalue weighted by Gasteiger charge is -2.17. The van der Waals surface area contributed by atoms with E-state index < -0.39 is 0 Å². The fourth-order valence-electron chi connectivity index (χ4n) is 4.32. The lowest BCUT2D eigenvalue weighted by molar-refractivity contribution is -0.140. The van der Waals surface area contributed by atoms with Gasteiger partial charge in [-0.15, -0.1) is 0 Å². The molecule has 1 aliphatic heterocycles. The summed E-state index contributed by atoms with van der Waals surface area (Å²) in [6, 6.07) is 3.60. The Morgan fingerprint density at radius 3 is 2.43 bits per heavy atom. The van der Waals surface area contributed by atoms with E-state index in [2.05, 4.69) is 33.2 Å². The summed E-state index contributed by atoms with van der Waals surface area (Å²) in [6.45, 7) is 4.04. The van der Waals surface area contributed by atoms with Crippen LogP contribution < -0.4 is 9.47 Å². The van der Waals surface area contributed by atoms with Gasteiger partial charge in [0.1, 0.15) is 0 Å². The summed E-state index contributed by atoms with van der Waals surface area (Å²) >= 11 is 3.51. The number of hydrazone groups is 1. The predicted octanol–water partition coefficient (Wildman–Crippen LogP) is 3.78. The highest BCUT2D eigenvalue weighted by molar-refractivity contribution is 9.10. The molecule has 0 radical (unpaired) electrons. The zero-order valence-electron chi connectivity index (χ0n) is 16.1. The van der Waals surface area contributed by atoms with E-state index in [1.165, 1.54) is 6.21 Å². The number of allylic oxidation sites excluding steroid dienone is 2. The summed E-state index contributed by atoms with van der Waals surface area (Å²) in [7, 11) is 1.57. The first-order chi connectivity index (χ1) is 13.4. The predicted molar refractivity (Wildman–Crippen MR) is 108 cm³/mol. The molecule has 6 nitrogen and oxygen atoms in total. The number of rotatable bonds is 6. The number of halogens is 1. The van der Waals surface area contributed by atoms with Gasteiger partial charge in [-0.2, -0.15) is 10.1 Å². The van der Waals surface area contributed by atoms with Gasteiger partial charge in [0.15, 0.2) is 11.5 Å². The second kappa shape index (κ2) is 7.35. The SMILES string of the molecule is CC[C@@H](C)Oc1cc(Br)c(C=NN2C(=O)[C@@H]3[C@H](C2=O)[C@H]2C=C[C@H]3C2)cc1OC. The fourth-order valence-corrected chi connectivity index (χ4v) is 4.75. The molecule has 1 saturated heterocycles. The topological polar surface area (TPSA) is 68.2 Å². The molecule has 5 atom stereocenters. The van der Waals surface area contributed by atoms with Crippen LogP contribution in [-0.2, 0) is 9.59 Å². The average molecular weight is 447 g/mol. The highest BCUT2D eigenvalue weighted by atomic mass is 79.9. The van der Waals surface area contributed by atoms with E-state index >= 15 is 0 Å². The molecule has 2 fully saturated rings. The third-order valence-electron chi connectivity index (χ3n) is 5.95. The first kappa shape index (κ1) is 19.2. The van der Waals surface area contributed by atoms with Crippen LogP contribution in [0.2, 0.25) is 0 Å². The molecule has 1 saturated carbocycles. The normalized spacial score (nSPS) is 29.1. The van der Waals surface area contributed by atoms with Crippen molar-refractivity contribution in [3.05, 3.63) is 34.3 Å². The van der Waals surface area contributed by atoms with Crippen molar-refractivity contribution in [1.29, 1.82) is 0 Å². The average Bonchev–Trinajstić information content (AvgIpc) is 3.36. The van der Waals surface area contributed by atoms with E-state index in [1.54, 1.807) is 13.2 Å². The number of ether oxygens (including phenoxy) is 2. The monoisotopic (exact) mass is 446 g/mol. The van der Waals surface area contributed by atoms with Crippen LogP contribution in [0, 0.1) is 23.7 Å². The van der Waals surface area contributed by atoms with Gasteiger partial charge in [-0.1, -0.05) is 19.1 Å². The van der Waals surface area contributed by atoms with Crippen molar-refractivity contribution in [3.8, 4) is 11.5 Å². The largest absolute Gasteiger partial charge is 0.493 e. The Morgan fingerprint density at radius 2 is 1.86 bits per heavy atom. The number of benzene rings is 1. The highest BCUT2D eigenvalue weighted by Gasteiger charge is 2.59. The van der Waals surface area contributed by atoms with Gasteiger partial charge in [-0.25, -0.2) is 0 Å². The van der Waals surface area contributed by atoms with E-state index in [1.807, 2.05) is 19.9 Å². The van der Waals surface area contributed by atoms with E-state index in [0.717, 1.165) is 22.3 Å².